The zero-order valence-corrected chi connectivity index (χ0v) is 13.0. The van der Waals surface area contributed by atoms with Crippen molar-refractivity contribution in [2.75, 3.05) is 13.6 Å². The number of amides is 1. The number of hydrogen-bond donors (Lipinski definition) is 1. The lowest BCUT2D eigenvalue weighted by atomic mass is 9.96. The third-order valence-corrected chi connectivity index (χ3v) is 2.76. The Morgan fingerprint density at radius 3 is 2.26 bits per heavy atom. The van der Waals surface area contributed by atoms with Crippen LogP contribution in [-0.4, -0.2) is 24.4 Å². The molecule has 108 valence electrons. The molecule has 0 radical (unpaired) electrons. The molecule has 2 N–H and O–H groups in total. The fourth-order valence-corrected chi connectivity index (χ4v) is 1.96. The predicted molar refractivity (Wildman–Crippen MR) is 82.3 cm³/mol. The Balaban J connectivity index is 0.00000324. The molecule has 1 unspecified atom stereocenters. The maximum Gasteiger partial charge on any atom is 0.224 e. The normalized spacial score (nSPS) is 12.5. The van der Waals surface area contributed by atoms with E-state index in [0.717, 1.165) is 12.1 Å². The Hall–Kier alpha value is -1.06. The van der Waals surface area contributed by atoms with E-state index in [4.69, 9.17) is 5.73 Å². The van der Waals surface area contributed by atoms with Gasteiger partial charge in [-0.1, -0.05) is 51.1 Å². The summed E-state index contributed by atoms with van der Waals surface area (Å²) in [6.07, 6.45) is 0.358. The summed E-state index contributed by atoms with van der Waals surface area (Å²) in [5.74, 6) is 0.0984. The lowest BCUT2D eigenvalue weighted by molar-refractivity contribution is -0.131. The van der Waals surface area contributed by atoms with Crippen LogP contribution in [0.4, 0.5) is 0 Å². The molecule has 0 aliphatic rings. The number of benzene rings is 1. The number of rotatable bonds is 4. The predicted octanol–water partition coefficient (Wildman–Crippen LogP) is 3.00. The molecule has 19 heavy (non-hydrogen) atoms. The number of carbonyl (C=O) groups is 1. The zero-order chi connectivity index (χ0) is 13.8. The molecule has 1 amide bonds. The molecule has 0 bridgehead atoms. The van der Waals surface area contributed by atoms with Gasteiger partial charge in [0.1, 0.15) is 0 Å². The second kappa shape index (κ2) is 7.51. The molecule has 0 saturated heterocycles. The third-order valence-electron chi connectivity index (χ3n) is 2.76. The average Bonchev–Trinajstić information content (AvgIpc) is 2.27. The molecule has 0 aliphatic carbocycles. The first-order chi connectivity index (χ1) is 8.29. The highest BCUT2D eigenvalue weighted by Crippen LogP contribution is 2.18. The minimum Gasteiger partial charge on any atom is -0.345 e. The topological polar surface area (TPSA) is 46.3 Å². The highest BCUT2D eigenvalue weighted by Gasteiger charge is 2.19. The van der Waals surface area contributed by atoms with Gasteiger partial charge in [-0.15, -0.1) is 12.4 Å². The van der Waals surface area contributed by atoms with E-state index in [2.05, 4.69) is 20.8 Å². The van der Waals surface area contributed by atoms with E-state index in [1.807, 2.05) is 37.4 Å². The third kappa shape index (κ3) is 6.60. The minimum atomic E-state index is -0.221. The monoisotopic (exact) mass is 284 g/mol. The summed E-state index contributed by atoms with van der Waals surface area (Å²) in [4.78, 5) is 13.8. The van der Waals surface area contributed by atoms with Gasteiger partial charge in [-0.3, -0.25) is 4.79 Å². The largest absolute Gasteiger partial charge is 0.345 e. The quantitative estimate of drug-likeness (QED) is 0.924. The summed E-state index contributed by atoms with van der Waals surface area (Å²) < 4.78 is 0. The van der Waals surface area contributed by atoms with E-state index >= 15 is 0 Å². The molecule has 0 heterocycles. The van der Waals surface area contributed by atoms with Gasteiger partial charge < -0.3 is 10.6 Å². The molecular formula is C15H25ClN2O. The van der Waals surface area contributed by atoms with Crippen LogP contribution in [0.25, 0.3) is 0 Å². The van der Waals surface area contributed by atoms with Crippen molar-refractivity contribution in [1.29, 1.82) is 0 Å². The van der Waals surface area contributed by atoms with Crippen molar-refractivity contribution in [3.05, 3.63) is 35.9 Å². The van der Waals surface area contributed by atoms with Gasteiger partial charge in [0, 0.05) is 26.1 Å². The molecule has 1 aromatic carbocycles. The SMILES string of the molecule is CN(CC(C)(C)C)C(=O)CC(N)c1ccccc1.Cl. The van der Waals surface area contributed by atoms with Crippen LogP contribution in [0.15, 0.2) is 30.3 Å². The number of nitrogens with two attached hydrogens (primary N) is 1. The summed E-state index contributed by atoms with van der Waals surface area (Å²) in [5, 5.41) is 0. The molecule has 0 fully saturated rings. The van der Waals surface area contributed by atoms with Crippen molar-refractivity contribution in [2.24, 2.45) is 11.1 Å². The molecule has 0 saturated carbocycles. The first-order valence-electron chi connectivity index (χ1n) is 6.34. The van der Waals surface area contributed by atoms with Crippen molar-refractivity contribution in [3.63, 3.8) is 0 Å². The van der Waals surface area contributed by atoms with E-state index in [0.29, 0.717) is 6.42 Å². The highest BCUT2D eigenvalue weighted by molar-refractivity contribution is 5.85. The highest BCUT2D eigenvalue weighted by atomic mass is 35.5. The molecule has 0 aromatic heterocycles. The van der Waals surface area contributed by atoms with E-state index in [1.165, 1.54) is 0 Å². The van der Waals surface area contributed by atoms with Crippen molar-refractivity contribution in [3.8, 4) is 0 Å². The Labute approximate surface area is 122 Å². The van der Waals surface area contributed by atoms with E-state index in [1.54, 1.807) is 4.90 Å². The average molecular weight is 285 g/mol. The van der Waals surface area contributed by atoms with Gasteiger partial charge in [0.05, 0.1) is 0 Å². The summed E-state index contributed by atoms with van der Waals surface area (Å²) >= 11 is 0. The van der Waals surface area contributed by atoms with Crippen LogP contribution in [0.2, 0.25) is 0 Å². The molecule has 3 nitrogen and oxygen atoms in total. The first-order valence-corrected chi connectivity index (χ1v) is 6.34. The summed E-state index contributed by atoms with van der Waals surface area (Å²) in [6.45, 7) is 7.10. The van der Waals surface area contributed by atoms with Crippen LogP contribution in [0.3, 0.4) is 0 Å². The number of hydrogen-bond acceptors (Lipinski definition) is 2. The van der Waals surface area contributed by atoms with E-state index < -0.39 is 0 Å². The van der Waals surface area contributed by atoms with Crippen molar-refractivity contribution < 1.29 is 4.79 Å². The van der Waals surface area contributed by atoms with Crippen LogP contribution in [0.5, 0.6) is 0 Å². The molecule has 1 aromatic rings. The zero-order valence-electron chi connectivity index (χ0n) is 12.2. The fourth-order valence-electron chi connectivity index (χ4n) is 1.96. The van der Waals surface area contributed by atoms with Crippen LogP contribution < -0.4 is 5.73 Å². The second-order valence-electron chi connectivity index (χ2n) is 6.03. The van der Waals surface area contributed by atoms with Crippen LogP contribution in [0.1, 0.15) is 38.8 Å². The molecule has 4 heteroatoms. The van der Waals surface area contributed by atoms with Gasteiger partial charge in [-0.2, -0.15) is 0 Å². The maximum absolute atomic E-state index is 12.1. The Bertz CT molecular complexity index is 387. The van der Waals surface area contributed by atoms with Gasteiger partial charge in [0.15, 0.2) is 0 Å². The van der Waals surface area contributed by atoms with Crippen LogP contribution in [0, 0.1) is 5.41 Å². The minimum absolute atomic E-state index is 0. The Morgan fingerprint density at radius 1 is 1.26 bits per heavy atom. The lowest BCUT2D eigenvalue weighted by Gasteiger charge is -2.27. The van der Waals surface area contributed by atoms with Gasteiger partial charge in [0.25, 0.3) is 0 Å². The molecule has 0 spiro atoms. The summed E-state index contributed by atoms with van der Waals surface area (Å²) in [6, 6.07) is 9.53. The van der Waals surface area contributed by atoms with Gasteiger partial charge in [0.2, 0.25) is 5.91 Å². The van der Waals surface area contributed by atoms with Crippen molar-refractivity contribution >= 4 is 18.3 Å². The van der Waals surface area contributed by atoms with Crippen LogP contribution in [-0.2, 0) is 4.79 Å². The van der Waals surface area contributed by atoms with Gasteiger partial charge in [-0.25, -0.2) is 0 Å². The van der Waals surface area contributed by atoms with Crippen molar-refractivity contribution in [1.82, 2.24) is 4.90 Å². The summed E-state index contributed by atoms with van der Waals surface area (Å²) in [5.41, 5.74) is 7.17. The molecule has 0 aliphatic heterocycles. The van der Waals surface area contributed by atoms with Crippen LogP contribution >= 0.6 is 12.4 Å². The smallest absolute Gasteiger partial charge is 0.224 e. The standard InChI is InChI=1S/C15H24N2O.ClH/c1-15(2,3)11-17(4)14(18)10-13(16)12-8-6-5-7-9-12;/h5-9,13H,10-11,16H2,1-4H3;1H. The lowest BCUT2D eigenvalue weighted by Crippen LogP contribution is -2.36. The molecule has 1 rings (SSSR count). The van der Waals surface area contributed by atoms with Gasteiger partial charge in [-0.05, 0) is 11.0 Å². The molecule has 1 atom stereocenters. The maximum atomic E-state index is 12.1. The molecular weight excluding hydrogens is 260 g/mol. The number of carbonyl (C=O) groups excluding carboxylic acids is 1. The second-order valence-corrected chi connectivity index (χ2v) is 6.03. The van der Waals surface area contributed by atoms with Crippen molar-refractivity contribution in [2.45, 2.75) is 33.2 Å². The summed E-state index contributed by atoms with van der Waals surface area (Å²) in [7, 11) is 1.84. The Morgan fingerprint density at radius 2 is 1.79 bits per heavy atom. The fraction of sp³-hybridized carbons (Fsp3) is 0.533. The number of nitrogens with zero attached hydrogens (tertiary/aromatic N) is 1. The first kappa shape index (κ1) is 17.9. The Kier molecular flexibility index (Phi) is 7.09. The number of halogens is 1. The van der Waals surface area contributed by atoms with Gasteiger partial charge >= 0.3 is 0 Å². The van der Waals surface area contributed by atoms with E-state index in [-0.39, 0.29) is 29.8 Å². The van der Waals surface area contributed by atoms with E-state index in [9.17, 15) is 4.79 Å².